The fourth-order valence-corrected chi connectivity index (χ4v) is 7.54. The van der Waals surface area contributed by atoms with E-state index in [0.717, 1.165) is 32.1 Å². The third-order valence-corrected chi connectivity index (χ3v) is 11.5. The third kappa shape index (κ3) is 45.8. The van der Waals surface area contributed by atoms with Gasteiger partial charge < -0.3 is 24.6 Å². The van der Waals surface area contributed by atoms with Gasteiger partial charge in [-0.2, -0.15) is 0 Å². The van der Waals surface area contributed by atoms with E-state index in [1.54, 1.807) is 12.2 Å². The van der Waals surface area contributed by atoms with Gasteiger partial charge in [0, 0.05) is 12.5 Å². The summed E-state index contributed by atoms with van der Waals surface area (Å²) in [5.74, 6) is -1.22. The normalized spacial score (nSPS) is 14.1. The average Bonchev–Trinajstić information content (AvgIpc) is 3.25. The molecule has 61 heavy (non-hydrogen) atoms. The molecule has 3 atom stereocenters. The number of aliphatic hydroxyl groups is 2. The molecule has 0 amide bonds. The van der Waals surface area contributed by atoms with E-state index in [1.165, 1.54) is 160 Å². The molecular formula is C50H91O10P. The van der Waals surface area contributed by atoms with Gasteiger partial charge in [-0.3, -0.25) is 13.8 Å². The summed E-state index contributed by atoms with van der Waals surface area (Å²) >= 11 is 0. The number of allylic oxidation sites excluding steroid dienone is 7. The molecule has 0 bridgehead atoms. The van der Waals surface area contributed by atoms with Crippen LogP contribution >= 0.6 is 7.82 Å². The lowest BCUT2D eigenvalue weighted by atomic mass is 10.0. The number of unbranched alkanes of at least 4 members (excludes halogenated alkanes) is 27. The van der Waals surface area contributed by atoms with Crippen LogP contribution in [0, 0.1) is 0 Å². The highest BCUT2D eigenvalue weighted by atomic mass is 31.2. The van der Waals surface area contributed by atoms with Gasteiger partial charge >= 0.3 is 19.8 Å². The van der Waals surface area contributed by atoms with Gasteiger partial charge in [0.25, 0.3) is 0 Å². The summed E-state index contributed by atoms with van der Waals surface area (Å²) in [6, 6.07) is 0. The minimum atomic E-state index is -4.65. The number of phosphoric acid groups is 1. The van der Waals surface area contributed by atoms with Crippen LogP contribution in [0.2, 0.25) is 0 Å². The molecule has 0 aromatic carbocycles. The minimum absolute atomic E-state index is 0.105. The molecule has 1 unspecified atom stereocenters. The lowest BCUT2D eigenvalue weighted by Gasteiger charge is -2.20. The number of aliphatic hydroxyl groups excluding tert-OH is 2. The zero-order valence-corrected chi connectivity index (χ0v) is 39.8. The van der Waals surface area contributed by atoms with Crippen LogP contribution < -0.4 is 0 Å². The van der Waals surface area contributed by atoms with Gasteiger partial charge in [0.05, 0.1) is 19.8 Å². The molecule has 0 aromatic heterocycles. The number of carbonyl (C=O) groups excluding carboxylic acids is 2. The van der Waals surface area contributed by atoms with Crippen LogP contribution in [0.25, 0.3) is 0 Å². The summed E-state index contributed by atoms with van der Waals surface area (Å²) in [5, 5.41) is 18.4. The van der Waals surface area contributed by atoms with E-state index in [-0.39, 0.29) is 6.42 Å². The highest BCUT2D eigenvalue weighted by Crippen LogP contribution is 2.43. The molecular weight excluding hydrogens is 792 g/mol. The van der Waals surface area contributed by atoms with E-state index in [0.29, 0.717) is 12.8 Å². The minimum Gasteiger partial charge on any atom is -0.458 e. The van der Waals surface area contributed by atoms with E-state index < -0.39 is 58.4 Å². The largest absolute Gasteiger partial charge is 0.472 e. The smallest absolute Gasteiger partial charge is 0.458 e. The number of hydrogen-bond donors (Lipinski definition) is 3. The molecule has 356 valence electrons. The van der Waals surface area contributed by atoms with E-state index in [9.17, 15) is 24.2 Å². The van der Waals surface area contributed by atoms with Crippen molar-refractivity contribution in [2.75, 3.05) is 26.4 Å². The Morgan fingerprint density at radius 3 is 1.41 bits per heavy atom. The summed E-state index contributed by atoms with van der Waals surface area (Å²) in [4.78, 5) is 34.9. The predicted molar refractivity (Wildman–Crippen MR) is 251 cm³/mol. The maximum atomic E-state index is 12.6. The lowest BCUT2D eigenvalue weighted by molar-refractivity contribution is -0.159. The second kappa shape index (κ2) is 45.9. The topological polar surface area (TPSA) is 149 Å². The quantitative estimate of drug-likeness (QED) is 0.0135. The second-order valence-corrected chi connectivity index (χ2v) is 18.0. The Bertz CT molecular complexity index is 1150. The highest BCUT2D eigenvalue weighted by Gasteiger charge is 2.27. The molecule has 0 rings (SSSR count). The maximum absolute atomic E-state index is 12.6. The first-order chi connectivity index (χ1) is 29.7. The molecule has 0 saturated heterocycles. The van der Waals surface area contributed by atoms with Crippen LogP contribution in [0.15, 0.2) is 48.6 Å². The molecule has 0 radical (unpaired) electrons. The van der Waals surface area contributed by atoms with Crippen molar-refractivity contribution in [3.8, 4) is 0 Å². The first-order valence-corrected chi connectivity index (χ1v) is 26.1. The Kier molecular flexibility index (Phi) is 44.4. The molecule has 3 N–H and O–H groups in total. The number of phosphoric ester groups is 1. The molecule has 0 fully saturated rings. The van der Waals surface area contributed by atoms with E-state index in [2.05, 4.69) is 42.7 Å². The van der Waals surface area contributed by atoms with E-state index in [4.69, 9.17) is 19.1 Å². The van der Waals surface area contributed by atoms with E-state index >= 15 is 0 Å². The van der Waals surface area contributed by atoms with Crippen LogP contribution in [0.1, 0.15) is 219 Å². The molecule has 0 saturated carbocycles. The van der Waals surface area contributed by atoms with Crippen molar-refractivity contribution in [1.29, 1.82) is 0 Å². The van der Waals surface area contributed by atoms with Crippen molar-refractivity contribution >= 4 is 19.8 Å². The van der Waals surface area contributed by atoms with E-state index in [1.807, 2.05) is 6.08 Å². The Morgan fingerprint density at radius 1 is 0.525 bits per heavy atom. The summed E-state index contributed by atoms with van der Waals surface area (Å²) in [7, 11) is -4.65. The van der Waals surface area contributed by atoms with Gasteiger partial charge in [0.15, 0.2) is 6.10 Å². The van der Waals surface area contributed by atoms with Crippen molar-refractivity contribution in [1.82, 2.24) is 0 Å². The monoisotopic (exact) mass is 883 g/mol. The summed E-state index contributed by atoms with van der Waals surface area (Å²) in [6.45, 7) is 2.24. The zero-order valence-electron chi connectivity index (χ0n) is 38.9. The third-order valence-electron chi connectivity index (χ3n) is 10.5. The van der Waals surface area contributed by atoms with Crippen molar-refractivity contribution in [3.05, 3.63) is 48.6 Å². The molecule has 0 aromatic rings. The SMILES string of the molecule is CCCCCCCCCCCCC/C=C/C=C/C(=O)OC[C@H](COP(=O)(O)OC[C@@H](O)CO)OC(=O)CCC/C=C/CC/C=C/CCCCCCCCCCCCCCCC. The molecule has 0 spiro atoms. The van der Waals surface area contributed by atoms with Crippen molar-refractivity contribution < 1.29 is 47.8 Å². The number of hydrogen-bond acceptors (Lipinski definition) is 9. The molecule has 0 aliphatic carbocycles. The fourth-order valence-electron chi connectivity index (χ4n) is 6.75. The van der Waals surface area contributed by atoms with Crippen LogP contribution in [0.3, 0.4) is 0 Å². The number of rotatable bonds is 46. The van der Waals surface area contributed by atoms with Gasteiger partial charge in [0.1, 0.15) is 12.7 Å². The Balaban J connectivity index is 4.32. The number of esters is 2. The highest BCUT2D eigenvalue weighted by molar-refractivity contribution is 7.47. The van der Waals surface area contributed by atoms with Gasteiger partial charge in [0.2, 0.25) is 0 Å². The lowest BCUT2D eigenvalue weighted by Crippen LogP contribution is -2.29. The molecule has 11 heteroatoms. The fraction of sp³-hybridized carbons (Fsp3) is 0.800. The number of ether oxygens (including phenoxy) is 2. The van der Waals surface area contributed by atoms with Crippen LogP contribution in [-0.2, 0) is 32.7 Å². The Morgan fingerprint density at radius 2 is 0.934 bits per heavy atom. The molecule has 10 nitrogen and oxygen atoms in total. The van der Waals surface area contributed by atoms with Crippen molar-refractivity contribution in [2.24, 2.45) is 0 Å². The molecule has 0 aliphatic rings. The number of carbonyl (C=O) groups is 2. The van der Waals surface area contributed by atoms with Gasteiger partial charge in [-0.05, 0) is 51.4 Å². The first-order valence-electron chi connectivity index (χ1n) is 24.6. The van der Waals surface area contributed by atoms with Gasteiger partial charge in [-0.15, -0.1) is 0 Å². The van der Waals surface area contributed by atoms with Gasteiger partial charge in [-0.1, -0.05) is 204 Å². The average molecular weight is 883 g/mol. The summed E-state index contributed by atoms with van der Waals surface area (Å²) in [6.07, 6.45) is 51.6. The van der Waals surface area contributed by atoms with Crippen LogP contribution in [0.5, 0.6) is 0 Å². The Hall–Kier alpha value is -2.07. The zero-order chi connectivity index (χ0) is 44.8. The molecule has 0 aliphatic heterocycles. The summed E-state index contributed by atoms with van der Waals surface area (Å²) in [5.41, 5.74) is 0. The predicted octanol–water partition coefficient (Wildman–Crippen LogP) is 13.7. The van der Waals surface area contributed by atoms with Crippen molar-refractivity contribution in [3.63, 3.8) is 0 Å². The van der Waals surface area contributed by atoms with Crippen LogP contribution in [0.4, 0.5) is 0 Å². The van der Waals surface area contributed by atoms with Crippen LogP contribution in [-0.4, -0.2) is 65.7 Å². The summed E-state index contributed by atoms with van der Waals surface area (Å²) < 4.78 is 32.6. The first kappa shape index (κ1) is 58.9. The Labute approximate surface area is 373 Å². The van der Waals surface area contributed by atoms with Crippen molar-refractivity contribution in [2.45, 2.75) is 232 Å². The van der Waals surface area contributed by atoms with Gasteiger partial charge in [-0.25, -0.2) is 9.36 Å². The maximum Gasteiger partial charge on any atom is 0.472 e. The second-order valence-electron chi connectivity index (χ2n) is 16.5. The molecule has 0 heterocycles. The standard InChI is InChI=1S/C50H91O10P/c1-3-5-7-9-11-13-15-17-19-20-21-22-23-24-25-26-28-30-32-34-36-38-40-42-50(54)60-48(46-59-61(55,56)58-44-47(52)43-51)45-57-49(53)41-39-37-35-33-31-29-27-18-16-14-12-10-8-6-4-2/h26,28,34-37,39,41,47-48,51-52H,3-25,27,29-33,38,40,42-46H2,1-2H3,(H,55,56)/b28-26+,36-34+,37-35+,41-39+/t47-,48+/m0/s1.